The first-order valence-corrected chi connectivity index (χ1v) is 9.04. The molecule has 0 saturated heterocycles. The van der Waals surface area contributed by atoms with Gasteiger partial charge >= 0.3 is 6.09 Å². The molecule has 3 amide bonds. The summed E-state index contributed by atoms with van der Waals surface area (Å²) in [5, 5.41) is 14.6. The van der Waals surface area contributed by atoms with E-state index in [2.05, 4.69) is 10.6 Å². The molecule has 0 aromatic heterocycles. The predicted molar refractivity (Wildman–Crippen MR) is 101 cm³/mol. The van der Waals surface area contributed by atoms with Crippen LogP contribution in [0.3, 0.4) is 0 Å². The van der Waals surface area contributed by atoms with E-state index in [1.165, 1.54) is 0 Å². The van der Waals surface area contributed by atoms with Crippen LogP contribution in [0.15, 0.2) is 30.3 Å². The number of nitrogens with two attached hydrogens (primary N) is 1. The van der Waals surface area contributed by atoms with Crippen molar-refractivity contribution in [2.75, 3.05) is 6.54 Å². The van der Waals surface area contributed by atoms with Gasteiger partial charge in [-0.05, 0) is 12.0 Å². The number of carbonyl (C=O) groups is 4. The van der Waals surface area contributed by atoms with Crippen LogP contribution in [0.25, 0.3) is 0 Å². The fraction of sp³-hybridized carbons (Fsp3) is 0.474. The number of ketones is 1. The van der Waals surface area contributed by atoms with Gasteiger partial charge in [0.25, 0.3) is 0 Å². The second kappa shape index (κ2) is 12.4. The van der Waals surface area contributed by atoms with E-state index >= 15 is 0 Å². The first-order valence-electron chi connectivity index (χ1n) is 9.04. The van der Waals surface area contributed by atoms with E-state index < -0.39 is 30.1 Å². The molecule has 28 heavy (non-hydrogen) atoms. The zero-order valence-electron chi connectivity index (χ0n) is 15.8. The summed E-state index contributed by atoms with van der Waals surface area (Å²) in [7, 11) is 0. The number of alkyl carbamates (subject to hydrolysis) is 1. The lowest BCUT2D eigenvalue weighted by molar-refractivity contribution is -0.129. The number of aliphatic hydroxyl groups is 1. The summed E-state index contributed by atoms with van der Waals surface area (Å²) in [6.07, 6.45) is -1.67. The first kappa shape index (κ1) is 23.1. The Balaban J connectivity index is 2.31. The van der Waals surface area contributed by atoms with Crippen LogP contribution in [-0.2, 0) is 25.7 Å². The number of ether oxygens (including phenoxy) is 1. The van der Waals surface area contributed by atoms with Crippen molar-refractivity contribution >= 4 is 23.7 Å². The molecule has 1 aromatic rings. The largest absolute Gasteiger partial charge is 0.445 e. The van der Waals surface area contributed by atoms with Crippen LogP contribution in [-0.4, -0.2) is 47.5 Å². The van der Waals surface area contributed by atoms with Gasteiger partial charge in [-0.2, -0.15) is 0 Å². The number of hydrogen-bond acceptors (Lipinski definition) is 6. The molecule has 0 aliphatic heterocycles. The van der Waals surface area contributed by atoms with Gasteiger partial charge in [-0.1, -0.05) is 37.3 Å². The Bertz CT molecular complexity index is 665. The molecule has 1 rings (SSSR count). The third-order valence-corrected chi connectivity index (χ3v) is 3.90. The van der Waals surface area contributed by atoms with Crippen LogP contribution in [0.5, 0.6) is 0 Å². The maximum absolute atomic E-state index is 11.9. The summed E-state index contributed by atoms with van der Waals surface area (Å²) in [5.74, 6) is -1.41. The Labute approximate surface area is 163 Å². The third kappa shape index (κ3) is 9.67. The molecule has 0 heterocycles. The highest BCUT2D eigenvalue weighted by molar-refractivity contribution is 5.87. The average Bonchev–Trinajstić information content (AvgIpc) is 2.68. The number of hydrogen-bond donors (Lipinski definition) is 4. The Morgan fingerprint density at radius 3 is 2.46 bits per heavy atom. The molecule has 0 bridgehead atoms. The second-order valence-electron chi connectivity index (χ2n) is 6.25. The molecule has 0 aliphatic rings. The fourth-order valence-electron chi connectivity index (χ4n) is 2.28. The molecule has 9 nitrogen and oxygen atoms in total. The van der Waals surface area contributed by atoms with Crippen LogP contribution in [0.4, 0.5) is 4.79 Å². The number of nitrogens with one attached hydrogen (secondary N) is 2. The zero-order chi connectivity index (χ0) is 20.9. The molecule has 5 N–H and O–H groups in total. The summed E-state index contributed by atoms with van der Waals surface area (Å²) in [6.45, 7) is 1.59. The molecular formula is C19H27N3O6. The normalized spacial score (nSPS) is 12.5. The summed E-state index contributed by atoms with van der Waals surface area (Å²) in [6, 6.07) is 8.09. The van der Waals surface area contributed by atoms with Crippen molar-refractivity contribution in [2.24, 2.45) is 5.73 Å². The van der Waals surface area contributed by atoms with Crippen LogP contribution >= 0.6 is 0 Å². The Morgan fingerprint density at radius 1 is 1.18 bits per heavy atom. The minimum Gasteiger partial charge on any atom is -0.445 e. The van der Waals surface area contributed by atoms with Crippen molar-refractivity contribution in [3.63, 3.8) is 0 Å². The second-order valence-corrected chi connectivity index (χ2v) is 6.25. The number of benzene rings is 1. The molecule has 0 spiro atoms. The maximum Gasteiger partial charge on any atom is 0.407 e. The van der Waals surface area contributed by atoms with Crippen molar-refractivity contribution in [3.05, 3.63) is 35.9 Å². The fourth-order valence-corrected chi connectivity index (χ4v) is 2.28. The van der Waals surface area contributed by atoms with Gasteiger partial charge in [0.2, 0.25) is 11.8 Å². The SMILES string of the molecule is CCC(=O)CC[C@@H](NC(=O)C[C@@H](O)CNC(=O)OCc1ccccc1)C(N)=O. The lowest BCUT2D eigenvalue weighted by Crippen LogP contribution is -2.46. The molecule has 0 aliphatic carbocycles. The smallest absolute Gasteiger partial charge is 0.407 e. The van der Waals surface area contributed by atoms with E-state index in [1.807, 2.05) is 18.2 Å². The molecule has 9 heteroatoms. The van der Waals surface area contributed by atoms with Gasteiger partial charge in [0.15, 0.2) is 0 Å². The monoisotopic (exact) mass is 393 g/mol. The number of aliphatic hydroxyl groups excluding tert-OH is 1. The van der Waals surface area contributed by atoms with Crippen molar-refractivity contribution in [1.82, 2.24) is 10.6 Å². The summed E-state index contributed by atoms with van der Waals surface area (Å²) in [4.78, 5) is 46.3. The summed E-state index contributed by atoms with van der Waals surface area (Å²) in [5.41, 5.74) is 6.04. The Kier molecular flexibility index (Phi) is 10.3. The summed E-state index contributed by atoms with van der Waals surface area (Å²) >= 11 is 0. The van der Waals surface area contributed by atoms with Crippen LogP contribution in [0.2, 0.25) is 0 Å². The first-order chi connectivity index (χ1) is 13.3. The Morgan fingerprint density at radius 2 is 1.86 bits per heavy atom. The van der Waals surface area contributed by atoms with E-state index in [4.69, 9.17) is 10.5 Å². The van der Waals surface area contributed by atoms with Gasteiger partial charge in [-0.25, -0.2) is 4.79 Å². The van der Waals surface area contributed by atoms with Gasteiger partial charge in [-0.3, -0.25) is 14.4 Å². The minimum absolute atomic E-state index is 0.0428. The van der Waals surface area contributed by atoms with Gasteiger partial charge < -0.3 is 26.2 Å². The topological polar surface area (TPSA) is 148 Å². The molecule has 0 unspecified atom stereocenters. The molecular weight excluding hydrogens is 366 g/mol. The standard InChI is InChI=1S/C19H27N3O6/c1-2-14(23)8-9-16(18(20)26)22-17(25)10-15(24)11-21-19(27)28-12-13-6-4-3-5-7-13/h3-7,15-16,24H,2,8-12H2,1H3,(H2,20,26)(H,21,27)(H,22,25)/t15-,16-/m1/s1. The van der Waals surface area contributed by atoms with Crippen LogP contribution < -0.4 is 16.4 Å². The highest BCUT2D eigenvalue weighted by Crippen LogP contribution is 2.03. The lowest BCUT2D eigenvalue weighted by atomic mass is 10.1. The Hall–Kier alpha value is -2.94. The van der Waals surface area contributed by atoms with Gasteiger partial charge in [0, 0.05) is 19.4 Å². The molecule has 2 atom stereocenters. The minimum atomic E-state index is -1.17. The highest BCUT2D eigenvalue weighted by atomic mass is 16.5. The highest BCUT2D eigenvalue weighted by Gasteiger charge is 2.21. The maximum atomic E-state index is 11.9. The van der Waals surface area contributed by atoms with Gasteiger partial charge in [0.05, 0.1) is 12.5 Å². The van der Waals surface area contributed by atoms with Crippen molar-refractivity contribution in [2.45, 2.75) is 51.4 Å². The van der Waals surface area contributed by atoms with Crippen LogP contribution in [0.1, 0.15) is 38.2 Å². The molecule has 0 radical (unpaired) electrons. The lowest BCUT2D eigenvalue weighted by Gasteiger charge is -2.17. The number of rotatable bonds is 12. The number of Topliss-reactive ketones (excluding diaryl/α,β-unsaturated/α-hetero) is 1. The molecule has 0 saturated carbocycles. The summed E-state index contributed by atoms with van der Waals surface area (Å²) < 4.78 is 4.99. The molecule has 0 fully saturated rings. The van der Waals surface area contributed by atoms with Gasteiger partial charge in [0.1, 0.15) is 18.4 Å². The quantitative estimate of drug-likeness (QED) is 0.404. The predicted octanol–water partition coefficient (Wildman–Crippen LogP) is 0.393. The van der Waals surface area contributed by atoms with E-state index in [9.17, 15) is 24.3 Å². The van der Waals surface area contributed by atoms with Crippen molar-refractivity contribution in [3.8, 4) is 0 Å². The van der Waals surface area contributed by atoms with Crippen molar-refractivity contribution in [1.29, 1.82) is 0 Å². The van der Waals surface area contributed by atoms with E-state index in [0.29, 0.717) is 6.42 Å². The zero-order valence-corrected chi connectivity index (χ0v) is 15.8. The van der Waals surface area contributed by atoms with Crippen molar-refractivity contribution < 1.29 is 29.0 Å². The third-order valence-electron chi connectivity index (χ3n) is 3.90. The van der Waals surface area contributed by atoms with E-state index in [-0.39, 0.29) is 38.2 Å². The van der Waals surface area contributed by atoms with E-state index in [1.54, 1.807) is 19.1 Å². The van der Waals surface area contributed by atoms with Gasteiger partial charge in [-0.15, -0.1) is 0 Å². The molecule has 1 aromatic carbocycles. The average molecular weight is 393 g/mol. The van der Waals surface area contributed by atoms with Crippen LogP contribution in [0, 0.1) is 0 Å². The number of primary amides is 1. The number of amides is 3. The number of carbonyl (C=O) groups excluding carboxylic acids is 4. The van der Waals surface area contributed by atoms with E-state index in [0.717, 1.165) is 5.56 Å². The molecule has 154 valence electrons.